The molecule has 8 N–H and O–H groups in total. The first-order chi connectivity index (χ1) is 12.9. The van der Waals surface area contributed by atoms with Gasteiger partial charge >= 0.3 is 17.1 Å². The molecule has 0 aromatic carbocycles. The summed E-state index contributed by atoms with van der Waals surface area (Å²) in [7, 11) is 0. The van der Waals surface area contributed by atoms with E-state index in [2.05, 4.69) is 31.9 Å². The molecule has 0 saturated carbocycles. The average molecular weight is 464 g/mol. The molecule has 9 heteroatoms. The number of rotatable bonds is 4. The molecule has 4 aliphatic rings. The Kier molecular flexibility index (Phi) is 18.0. The Balaban J connectivity index is 0.000000490. The van der Waals surface area contributed by atoms with Crippen molar-refractivity contribution in [1.29, 1.82) is 0 Å². The third-order valence-electron chi connectivity index (χ3n) is 5.71. The van der Waals surface area contributed by atoms with E-state index >= 15 is 0 Å². The van der Waals surface area contributed by atoms with Crippen LogP contribution in [0.5, 0.6) is 0 Å². The molecule has 0 spiro atoms. The minimum absolute atomic E-state index is 0. The van der Waals surface area contributed by atoms with Gasteiger partial charge < -0.3 is 42.9 Å². The molecule has 177 valence electrons. The first-order valence-corrected chi connectivity index (χ1v) is 11.1. The molecule has 4 unspecified atom stereocenters. The number of hydrogen-bond acceptors (Lipinski definition) is 2. The Hall–Kier alpha value is 0.199. The second-order valence-corrected chi connectivity index (χ2v) is 8.00. The second kappa shape index (κ2) is 17.8. The smallest absolute Gasteiger partial charge is 0.647 e. The summed E-state index contributed by atoms with van der Waals surface area (Å²) >= 11 is 0. The fourth-order valence-electron chi connectivity index (χ4n) is 4.14. The summed E-state index contributed by atoms with van der Waals surface area (Å²) in [5.74, 6) is 0. The van der Waals surface area contributed by atoms with Crippen LogP contribution in [0.15, 0.2) is 0 Å². The van der Waals surface area contributed by atoms with Gasteiger partial charge in [-0.1, -0.05) is 102 Å². The Morgan fingerprint density at radius 1 is 0.414 bits per heavy atom. The van der Waals surface area contributed by atoms with Crippen LogP contribution in [0.25, 0.3) is 21.3 Å². The quantitative estimate of drug-likeness (QED) is 0.487. The summed E-state index contributed by atoms with van der Waals surface area (Å²) in [4.78, 5) is 0. The third-order valence-corrected chi connectivity index (χ3v) is 5.71. The van der Waals surface area contributed by atoms with Crippen LogP contribution in [-0.2, 0) is 28.0 Å². The molecule has 0 aromatic heterocycles. The van der Waals surface area contributed by atoms with Gasteiger partial charge in [0.05, 0.1) is 0 Å². The molecule has 29 heavy (non-hydrogen) atoms. The van der Waals surface area contributed by atoms with Crippen LogP contribution in [-0.4, -0.2) is 50.8 Å². The molecule has 4 aliphatic heterocycles. The number of nitrogens with one attached hydrogen (secondary N) is 2. The van der Waals surface area contributed by atoms with Gasteiger partial charge in [-0.2, -0.15) is 0 Å². The third kappa shape index (κ3) is 12.0. The molecule has 4 rings (SSSR count). The van der Waals surface area contributed by atoms with Crippen LogP contribution in [0.1, 0.15) is 77.0 Å². The summed E-state index contributed by atoms with van der Waals surface area (Å²) in [6, 6.07) is 0. The molecule has 4 atom stereocenters. The van der Waals surface area contributed by atoms with E-state index in [9.17, 15) is 0 Å². The first-order valence-electron chi connectivity index (χ1n) is 11.1. The van der Waals surface area contributed by atoms with Gasteiger partial charge in [0.25, 0.3) is 0 Å². The SMILES string of the molecule is C1CCC(NC2CCCC[N-]2)[N-]C1.C1CCC(NC2CCCC[N-]2)[N-]C1.[Cu+2].[OH3+].[OH3+]. The van der Waals surface area contributed by atoms with E-state index in [-0.39, 0.29) is 28.0 Å². The summed E-state index contributed by atoms with van der Waals surface area (Å²) in [5, 5.41) is 25.3. The van der Waals surface area contributed by atoms with Gasteiger partial charge in [-0.3, -0.25) is 0 Å². The summed E-state index contributed by atoms with van der Waals surface area (Å²) in [5.41, 5.74) is 0. The zero-order valence-electron chi connectivity index (χ0n) is 17.9. The van der Waals surface area contributed by atoms with Gasteiger partial charge in [-0.15, -0.1) is 26.2 Å². The van der Waals surface area contributed by atoms with E-state index in [0.717, 1.165) is 26.2 Å². The second-order valence-electron chi connectivity index (χ2n) is 8.00. The van der Waals surface area contributed by atoms with Crippen molar-refractivity contribution in [1.82, 2.24) is 10.6 Å². The van der Waals surface area contributed by atoms with E-state index in [4.69, 9.17) is 0 Å². The predicted octanol–water partition coefficient (Wildman–Crippen LogP) is 2.84. The van der Waals surface area contributed by atoms with Crippen LogP contribution in [0.2, 0.25) is 0 Å². The van der Waals surface area contributed by atoms with Crippen molar-refractivity contribution in [2.45, 2.75) is 102 Å². The van der Waals surface area contributed by atoms with E-state index in [1.165, 1.54) is 77.0 Å². The standard InChI is InChI=1S/2C10H19N3.Cu.2H2O/c2*1-3-7-11-9(5-1)13-10-6-2-4-8-12-10;;;/h2*9-10,13H,1-8H2;;2*1H2/q2*-2;+2;;/p+2. The van der Waals surface area contributed by atoms with Crippen molar-refractivity contribution in [3.63, 3.8) is 0 Å². The van der Waals surface area contributed by atoms with E-state index in [1.807, 2.05) is 0 Å². The molecule has 0 bridgehead atoms. The van der Waals surface area contributed by atoms with Crippen molar-refractivity contribution < 1.29 is 28.0 Å². The number of hydrogen-bond donors (Lipinski definition) is 2. The largest absolute Gasteiger partial charge is 2.00 e. The Bertz CT molecular complexity index is 293. The zero-order valence-corrected chi connectivity index (χ0v) is 18.8. The minimum Gasteiger partial charge on any atom is -0.647 e. The van der Waals surface area contributed by atoms with Gasteiger partial charge in [0.15, 0.2) is 0 Å². The predicted molar refractivity (Wildman–Crippen MR) is 119 cm³/mol. The fraction of sp³-hybridized carbons (Fsp3) is 1.00. The monoisotopic (exact) mass is 463 g/mol. The van der Waals surface area contributed by atoms with E-state index in [1.54, 1.807) is 0 Å². The van der Waals surface area contributed by atoms with Gasteiger partial charge in [-0.25, -0.2) is 0 Å². The fourth-order valence-corrected chi connectivity index (χ4v) is 4.14. The van der Waals surface area contributed by atoms with Crippen LogP contribution < -0.4 is 10.6 Å². The Morgan fingerprint density at radius 2 is 0.655 bits per heavy atom. The van der Waals surface area contributed by atoms with Crippen molar-refractivity contribution in [2.75, 3.05) is 26.2 Å². The first kappa shape index (κ1) is 29.2. The number of nitrogens with zero attached hydrogens (tertiary/aromatic N) is 4. The van der Waals surface area contributed by atoms with Gasteiger partial charge in [0.2, 0.25) is 0 Å². The molecular weight excluding hydrogens is 420 g/mol. The molecule has 1 radical (unpaired) electrons. The number of piperidine rings is 4. The van der Waals surface area contributed by atoms with Crippen molar-refractivity contribution in [2.24, 2.45) is 0 Å². The molecule has 4 heterocycles. The maximum Gasteiger partial charge on any atom is 2.00 e. The minimum atomic E-state index is 0. The Morgan fingerprint density at radius 3 is 0.828 bits per heavy atom. The molecule has 8 nitrogen and oxygen atoms in total. The van der Waals surface area contributed by atoms with Gasteiger partial charge in [0, 0.05) is 0 Å². The van der Waals surface area contributed by atoms with Crippen LogP contribution in [0.3, 0.4) is 0 Å². The molecule has 0 aromatic rings. The molecule has 0 amide bonds. The summed E-state index contributed by atoms with van der Waals surface area (Å²) < 4.78 is 0. The summed E-state index contributed by atoms with van der Waals surface area (Å²) in [6.07, 6.45) is 16.9. The van der Waals surface area contributed by atoms with E-state index < -0.39 is 0 Å². The van der Waals surface area contributed by atoms with Gasteiger partial charge in [-0.05, 0) is 0 Å². The maximum absolute atomic E-state index is 4.55. The van der Waals surface area contributed by atoms with Crippen molar-refractivity contribution in [3.8, 4) is 0 Å². The van der Waals surface area contributed by atoms with Crippen LogP contribution in [0.4, 0.5) is 0 Å². The van der Waals surface area contributed by atoms with Crippen molar-refractivity contribution >= 4 is 0 Å². The summed E-state index contributed by atoms with van der Waals surface area (Å²) in [6.45, 7) is 4.18. The molecule has 4 fully saturated rings. The maximum atomic E-state index is 4.55. The average Bonchev–Trinajstić information content (AvgIpc) is 2.72. The normalized spacial score (nSPS) is 32.3. The molecule has 4 saturated heterocycles. The van der Waals surface area contributed by atoms with Crippen LogP contribution >= 0.6 is 0 Å². The molecule has 0 aliphatic carbocycles. The van der Waals surface area contributed by atoms with Crippen LogP contribution in [0, 0.1) is 0 Å². The zero-order chi connectivity index (χ0) is 17.9. The topological polar surface area (TPSA) is 146 Å². The van der Waals surface area contributed by atoms with Crippen molar-refractivity contribution in [3.05, 3.63) is 21.3 Å². The van der Waals surface area contributed by atoms with E-state index in [0.29, 0.717) is 24.7 Å². The Labute approximate surface area is 188 Å². The molecular formula is C20H44CuN6O2. The van der Waals surface area contributed by atoms with Gasteiger partial charge in [0.1, 0.15) is 0 Å².